The number of carbonyl (C=O) groups excluding carboxylic acids is 1. The van der Waals surface area contributed by atoms with Gasteiger partial charge in [0.05, 0.1) is 18.2 Å². The average molecular weight is 548 g/mol. The highest BCUT2D eigenvalue weighted by Crippen LogP contribution is 2.32. The number of carbonyl (C=O) groups is 1. The van der Waals surface area contributed by atoms with Gasteiger partial charge < -0.3 is 14.8 Å². The molecule has 0 bridgehead atoms. The van der Waals surface area contributed by atoms with Crippen LogP contribution in [-0.4, -0.2) is 40.8 Å². The maximum atomic E-state index is 13.1. The molecule has 0 unspecified atom stereocenters. The van der Waals surface area contributed by atoms with Crippen molar-refractivity contribution in [2.75, 3.05) is 19.0 Å². The van der Waals surface area contributed by atoms with Gasteiger partial charge in [0, 0.05) is 11.3 Å². The van der Waals surface area contributed by atoms with Crippen LogP contribution in [-0.2, 0) is 10.9 Å². The Bertz CT molecular complexity index is 1470. The molecule has 202 valence electrons. The summed E-state index contributed by atoms with van der Waals surface area (Å²) >= 11 is 0. The molecule has 4 aromatic rings. The average Bonchev–Trinajstić information content (AvgIpc) is 2.91. The van der Waals surface area contributed by atoms with E-state index in [1.807, 2.05) is 0 Å². The summed E-state index contributed by atoms with van der Waals surface area (Å²) in [6.45, 7) is -1.69. The first-order valence-electron chi connectivity index (χ1n) is 11.1. The van der Waals surface area contributed by atoms with Gasteiger partial charge in [-0.1, -0.05) is 36.4 Å². The summed E-state index contributed by atoms with van der Waals surface area (Å²) in [6, 6.07) is 16.6. The van der Waals surface area contributed by atoms with Crippen molar-refractivity contribution in [2.24, 2.45) is 0 Å². The summed E-state index contributed by atoms with van der Waals surface area (Å²) in [5.41, 5.74) is 1.07. The minimum atomic E-state index is -4.68. The first-order chi connectivity index (χ1) is 18.4. The molecule has 0 aliphatic heterocycles. The van der Waals surface area contributed by atoms with Crippen molar-refractivity contribution in [3.8, 4) is 28.5 Å². The third-order valence-corrected chi connectivity index (χ3v) is 5.19. The Morgan fingerprint density at radius 3 is 2.18 bits per heavy atom. The SMILES string of the molecule is COC(=O)c1ccc(-c2cccc(-c3nc(Nc4cccc(C(F)(F)F)c4)nc(OCC(F)(F)F)n3)c2)cc1. The zero-order valence-corrected chi connectivity index (χ0v) is 20.0. The molecule has 0 radical (unpaired) electrons. The van der Waals surface area contributed by atoms with Crippen molar-refractivity contribution >= 4 is 17.6 Å². The molecule has 7 nitrogen and oxygen atoms in total. The van der Waals surface area contributed by atoms with E-state index in [-0.39, 0.29) is 17.5 Å². The molecule has 1 N–H and O–H groups in total. The van der Waals surface area contributed by atoms with Crippen molar-refractivity contribution < 1.29 is 40.6 Å². The summed E-state index contributed by atoms with van der Waals surface area (Å²) < 4.78 is 87.0. The third kappa shape index (κ3) is 7.21. The van der Waals surface area contributed by atoms with Gasteiger partial charge in [-0.15, -0.1) is 0 Å². The van der Waals surface area contributed by atoms with E-state index in [1.54, 1.807) is 48.5 Å². The Kier molecular flexibility index (Phi) is 7.70. The van der Waals surface area contributed by atoms with Crippen LogP contribution < -0.4 is 10.1 Å². The predicted octanol–water partition coefficient (Wildman–Crippen LogP) is 6.70. The number of ether oxygens (including phenoxy) is 2. The van der Waals surface area contributed by atoms with Gasteiger partial charge in [0.2, 0.25) is 5.95 Å². The number of benzene rings is 3. The summed E-state index contributed by atoms with van der Waals surface area (Å²) in [6.07, 6.45) is -9.30. The Hall–Kier alpha value is -4.68. The van der Waals surface area contributed by atoms with E-state index < -0.39 is 36.5 Å². The first-order valence-corrected chi connectivity index (χ1v) is 11.1. The highest BCUT2D eigenvalue weighted by Gasteiger charge is 2.31. The van der Waals surface area contributed by atoms with Gasteiger partial charge in [0.1, 0.15) is 0 Å². The van der Waals surface area contributed by atoms with E-state index in [0.717, 1.165) is 18.2 Å². The zero-order valence-electron chi connectivity index (χ0n) is 20.0. The topological polar surface area (TPSA) is 86.2 Å². The van der Waals surface area contributed by atoms with Crippen molar-refractivity contribution in [3.63, 3.8) is 0 Å². The number of nitrogens with one attached hydrogen (secondary N) is 1. The standard InChI is InChI=1S/C26H18F6N4O3/c1-38-22(37)16-10-8-15(9-11-16)17-4-2-5-18(12-17)21-34-23(36-24(35-21)39-14-25(27,28)29)33-20-7-3-6-19(13-20)26(30,31)32/h2-13H,14H2,1H3,(H,33,34,35,36). The number of hydrogen-bond acceptors (Lipinski definition) is 7. The van der Waals surface area contributed by atoms with Crippen molar-refractivity contribution in [1.82, 2.24) is 15.0 Å². The molecule has 4 rings (SSSR count). The molecule has 0 spiro atoms. The highest BCUT2D eigenvalue weighted by atomic mass is 19.4. The van der Waals surface area contributed by atoms with Crippen molar-refractivity contribution in [2.45, 2.75) is 12.4 Å². The summed E-state index contributed by atoms with van der Waals surface area (Å²) in [7, 11) is 1.26. The lowest BCUT2D eigenvalue weighted by molar-refractivity contribution is -0.154. The fraction of sp³-hybridized carbons (Fsp3) is 0.154. The molecule has 0 fully saturated rings. The Balaban J connectivity index is 1.70. The molecular weight excluding hydrogens is 530 g/mol. The summed E-state index contributed by atoms with van der Waals surface area (Å²) in [5.74, 6) is -0.929. The molecular formula is C26H18F6N4O3. The van der Waals surface area contributed by atoms with Gasteiger partial charge in [0.15, 0.2) is 12.4 Å². The number of nitrogens with zero attached hydrogens (tertiary/aromatic N) is 3. The van der Waals surface area contributed by atoms with Crippen LogP contribution in [0.2, 0.25) is 0 Å². The second-order valence-electron chi connectivity index (χ2n) is 8.02. The summed E-state index contributed by atoms with van der Waals surface area (Å²) in [4.78, 5) is 23.6. The second kappa shape index (κ2) is 11.0. The Labute approximate surface area is 217 Å². The molecule has 0 atom stereocenters. The van der Waals surface area contributed by atoms with Crippen LogP contribution >= 0.6 is 0 Å². The van der Waals surface area contributed by atoms with Gasteiger partial charge >= 0.3 is 24.3 Å². The minimum absolute atomic E-state index is 0.0526. The van der Waals surface area contributed by atoms with Crippen molar-refractivity contribution in [1.29, 1.82) is 0 Å². The smallest absolute Gasteiger partial charge is 0.422 e. The predicted molar refractivity (Wildman–Crippen MR) is 128 cm³/mol. The monoisotopic (exact) mass is 548 g/mol. The lowest BCUT2D eigenvalue weighted by Gasteiger charge is -2.13. The van der Waals surface area contributed by atoms with Crippen LogP contribution in [0.4, 0.5) is 38.0 Å². The van der Waals surface area contributed by atoms with Gasteiger partial charge in [-0.2, -0.15) is 41.3 Å². The molecule has 13 heteroatoms. The van der Waals surface area contributed by atoms with Crippen LogP contribution in [0.15, 0.2) is 72.8 Å². The van der Waals surface area contributed by atoms with E-state index >= 15 is 0 Å². The molecule has 3 aromatic carbocycles. The van der Waals surface area contributed by atoms with E-state index in [0.29, 0.717) is 22.3 Å². The largest absolute Gasteiger partial charge is 0.465 e. The number of esters is 1. The molecule has 1 aromatic heterocycles. The molecule has 1 heterocycles. The van der Waals surface area contributed by atoms with Crippen LogP contribution in [0, 0.1) is 0 Å². The van der Waals surface area contributed by atoms with E-state index in [2.05, 4.69) is 25.0 Å². The highest BCUT2D eigenvalue weighted by molar-refractivity contribution is 5.90. The third-order valence-electron chi connectivity index (χ3n) is 5.19. The Morgan fingerprint density at radius 1 is 0.821 bits per heavy atom. The number of anilines is 2. The lowest BCUT2D eigenvalue weighted by Crippen LogP contribution is -2.20. The number of rotatable bonds is 7. The minimum Gasteiger partial charge on any atom is -0.465 e. The van der Waals surface area contributed by atoms with Crippen molar-refractivity contribution in [3.05, 3.63) is 83.9 Å². The van der Waals surface area contributed by atoms with Crippen LogP contribution in [0.1, 0.15) is 15.9 Å². The fourth-order valence-electron chi connectivity index (χ4n) is 3.41. The zero-order chi connectivity index (χ0) is 28.2. The molecule has 39 heavy (non-hydrogen) atoms. The number of aromatic nitrogens is 3. The number of methoxy groups -OCH3 is 1. The van der Waals surface area contributed by atoms with E-state index in [9.17, 15) is 31.1 Å². The van der Waals surface area contributed by atoms with Crippen LogP contribution in [0.3, 0.4) is 0 Å². The van der Waals surface area contributed by atoms with E-state index in [4.69, 9.17) is 4.74 Å². The maximum Gasteiger partial charge on any atom is 0.422 e. The molecule has 0 aliphatic carbocycles. The Morgan fingerprint density at radius 2 is 1.51 bits per heavy atom. The molecule has 0 amide bonds. The summed E-state index contributed by atoms with van der Waals surface area (Å²) in [5, 5.41) is 2.57. The number of halogens is 6. The fourth-order valence-corrected chi connectivity index (χ4v) is 3.41. The first kappa shape index (κ1) is 27.4. The van der Waals surface area contributed by atoms with Crippen LogP contribution in [0.5, 0.6) is 6.01 Å². The number of hydrogen-bond donors (Lipinski definition) is 1. The molecule has 0 aliphatic rings. The van der Waals surface area contributed by atoms with Gasteiger partial charge in [0.25, 0.3) is 0 Å². The quantitative estimate of drug-likeness (QED) is 0.203. The molecule has 0 saturated carbocycles. The van der Waals surface area contributed by atoms with Crippen LogP contribution in [0.25, 0.3) is 22.5 Å². The normalized spacial score (nSPS) is 11.7. The second-order valence-corrected chi connectivity index (χ2v) is 8.02. The van der Waals surface area contributed by atoms with Gasteiger partial charge in [-0.05, 0) is 47.5 Å². The number of alkyl halides is 6. The van der Waals surface area contributed by atoms with Gasteiger partial charge in [-0.25, -0.2) is 4.79 Å². The maximum absolute atomic E-state index is 13.1. The van der Waals surface area contributed by atoms with Gasteiger partial charge in [-0.3, -0.25) is 0 Å². The van der Waals surface area contributed by atoms with E-state index in [1.165, 1.54) is 13.2 Å². The lowest BCUT2D eigenvalue weighted by atomic mass is 10.0. The molecule has 0 saturated heterocycles.